The summed E-state index contributed by atoms with van der Waals surface area (Å²) in [5.41, 5.74) is 7.60. The topological polar surface area (TPSA) is 88.7 Å². The van der Waals surface area contributed by atoms with Crippen LogP contribution in [0.5, 0.6) is 5.75 Å². The number of fused-ring (bicyclic) bond motifs is 1. The minimum Gasteiger partial charge on any atom is -0.497 e. The molecule has 1 aliphatic rings. The maximum Gasteiger partial charge on any atom is 0.303 e. The van der Waals surface area contributed by atoms with Crippen molar-refractivity contribution in [3.05, 3.63) is 58.2 Å². The number of methoxy groups -OCH3 is 1. The number of likely N-dealkylation sites (tertiary alicyclic amines) is 1. The number of carbonyl (C=O) groups is 1. The summed E-state index contributed by atoms with van der Waals surface area (Å²) >= 11 is 1.61. The molecule has 3 N–H and O–H groups in total. The van der Waals surface area contributed by atoms with E-state index in [1.807, 2.05) is 17.5 Å². The van der Waals surface area contributed by atoms with Crippen LogP contribution in [0.15, 0.2) is 41.9 Å². The Kier molecular flexibility index (Phi) is 8.34. The highest BCUT2D eigenvalue weighted by Gasteiger charge is 2.31. The number of ether oxygens (including phenoxy) is 1. The van der Waals surface area contributed by atoms with Gasteiger partial charge in [-0.05, 0) is 67.3 Å². The molecule has 0 unspecified atom stereocenters. The van der Waals surface area contributed by atoms with Gasteiger partial charge in [0.2, 0.25) is 0 Å². The molecule has 1 saturated heterocycles. The van der Waals surface area contributed by atoms with Gasteiger partial charge < -0.3 is 15.6 Å². The van der Waals surface area contributed by atoms with Gasteiger partial charge in [0.1, 0.15) is 11.6 Å². The quantitative estimate of drug-likeness (QED) is 0.441. The highest BCUT2D eigenvalue weighted by Crippen LogP contribution is 2.34. The number of halogens is 1. The monoisotopic (exact) mass is 495 g/mol. The van der Waals surface area contributed by atoms with E-state index < -0.39 is 17.8 Å². The van der Waals surface area contributed by atoms with Crippen LogP contribution in [-0.4, -0.2) is 47.7 Å². The third-order valence-electron chi connectivity index (χ3n) is 6.74. The van der Waals surface area contributed by atoms with E-state index >= 15 is 0 Å². The highest BCUT2D eigenvalue weighted by molar-refractivity contribution is 7.10. The van der Waals surface area contributed by atoms with Gasteiger partial charge in [0, 0.05) is 30.0 Å². The van der Waals surface area contributed by atoms with Gasteiger partial charge in [-0.3, -0.25) is 14.7 Å². The van der Waals surface area contributed by atoms with Gasteiger partial charge in [0.15, 0.2) is 0 Å². The summed E-state index contributed by atoms with van der Waals surface area (Å²) in [4.78, 5) is 19.0. The van der Waals surface area contributed by atoms with Crippen LogP contribution < -0.4 is 10.5 Å². The Morgan fingerprint density at radius 3 is 3.00 bits per heavy atom. The van der Waals surface area contributed by atoms with Crippen molar-refractivity contribution in [2.45, 2.75) is 31.7 Å². The second-order valence-electron chi connectivity index (χ2n) is 9.01. The maximum absolute atomic E-state index is 14.8. The van der Waals surface area contributed by atoms with Crippen LogP contribution in [0.2, 0.25) is 0 Å². The van der Waals surface area contributed by atoms with Crippen LogP contribution in [0.1, 0.15) is 42.2 Å². The molecule has 2 aromatic heterocycles. The number of pyridine rings is 1. The minimum atomic E-state index is -0.797. The van der Waals surface area contributed by atoms with Gasteiger partial charge in [-0.15, -0.1) is 11.3 Å². The number of carboxylic acid groups (broad SMARTS) is 1. The predicted octanol–water partition coefficient (Wildman–Crippen LogP) is 4.69. The van der Waals surface area contributed by atoms with Crippen molar-refractivity contribution in [3.63, 3.8) is 0 Å². The van der Waals surface area contributed by atoms with Crippen molar-refractivity contribution in [3.8, 4) is 17.6 Å². The Morgan fingerprint density at radius 2 is 2.26 bits per heavy atom. The van der Waals surface area contributed by atoms with E-state index in [0.717, 1.165) is 24.3 Å². The number of rotatable bonds is 8. The average Bonchev–Trinajstić information content (AvgIpc) is 3.36. The maximum atomic E-state index is 14.8. The first-order valence-corrected chi connectivity index (χ1v) is 12.7. The number of hydrogen-bond donors (Lipinski definition) is 2. The van der Waals surface area contributed by atoms with Gasteiger partial charge in [-0.1, -0.05) is 17.9 Å². The molecular formula is C27H30FN3O3S. The molecule has 0 saturated carbocycles. The molecule has 0 spiro atoms. The summed E-state index contributed by atoms with van der Waals surface area (Å²) in [5, 5.41) is 12.1. The average molecular weight is 496 g/mol. The number of piperidine rings is 1. The van der Waals surface area contributed by atoms with Crippen LogP contribution in [0.4, 0.5) is 4.39 Å². The lowest BCUT2D eigenvalue weighted by Crippen LogP contribution is -2.41. The first-order valence-electron chi connectivity index (χ1n) is 11.8. The molecule has 0 bridgehead atoms. The molecule has 0 aliphatic carbocycles. The van der Waals surface area contributed by atoms with Crippen LogP contribution in [0.25, 0.3) is 10.9 Å². The number of hydrogen-bond acceptors (Lipinski definition) is 6. The van der Waals surface area contributed by atoms with Crippen LogP contribution in [-0.2, 0) is 4.79 Å². The zero-order chi connectivity index (χ0) is 24.8. The molecule has 1 aromatic carbocycles. The summed E-state index contributed by atoms with van der Waals surface area (Å²) in [6.45, 7) is 2.17. The number of thiophene rings is 1. The smallest absolute Gasteiger partial charge is 0.303 e. The largest absolute Gasteiger partial charge is 0.497 e. The second kappa shape index (κ2) is 11.6. The van der Waals surface area contributed by atoms with E-state index in [1.165, 1.54) is 6.20 Å². The van der Waals surface area contributed by atoms with Gasteiger partial charge in [0.25, 0.3) is 0 Å². The molecule has 1 fully saturated rings. The summed E-state index contributed by atoms with van der Waals surface area (Å²) < 4.78 is 20.1. The van der Waals surface area contributed by atoms with Gasteiger partial charge in [-0.2, -0.15) is 0 Å². The molecule has 3 heterocycles. The van der Waals surface area contributed by atoms with Crippen molar-refractivity contribution >= 4 is 28.2 Å². The summed E-state index contributed by atoms with van der Waals surface area (Å²) in [6, 6.07) is 8.80. The Bertz CT molecular complexity index is 1220. The Balaban J connectivity index is 1.42. The Labute approximate surface area is 208 Å². The summed E-state index contributed by atoms with van der Waals surface area (Å²) in [7, 11) is 1.57. The molecule has 0 amide bonds. The third kappa shape index (κ3) is 6.37. The van der Waals surface area contributed by atoms with Crippen LogP contribution in [0, 0.1) is 29.5 Å². The number of aliphatic carboxylic acids is 1. The lowest BCUT2D eigenvalue weighted by molar-refractivity contribution is -0.139. The molecule has 0 radical (unpaired) electrons. The van der Waals surface area contributed by atoms with E-state index in [4.69, 9.17) is 10.5 Å². The molecule has 184 valence electrons. The molecule has 8 heteroatoms. The number of nitrogens with zero attached hydrogens (tertiary/aromatic N) is 2. The first-order chi connectivity index (χ1) is 16.9. The van der Waals surface area contributed by atoms with E-state index in [2.05, 4.69) is 21.7 Å². The van der Waals surface area contributed by atoms with Crippen molar-refractivity contribution in [1.29, 1.82) is 0 Å². The third-order valence-corrected chi connectivity index (χ3v) is 7.52. The van der Waals surface area contributed by atoms with Gasteiger partial charge >= 0.3 is 5.97 Å². The van der Waals surface area contributed by atoms with E-state index in [1.54, 1.807) is 36.6 Å². The first kappa shape index (κ1) is 25.1. The lowest BCUT2D eigenvalue weighted by Gasteiger charge is -2.37. The molecule has 3 aromatic rings. The summed E-state index contributed by atoms with van der Waals surface area (Å²) in [5.74, 6) is 6.00. The van der Waals surface area contributed by atoms with Crippen LogP contribution in [0.3, 0.4) is 0 Å². The second-order valence-corrected chi connectivity index (χ2v) is 9.96. The van der Waals surface area contributed by atoms with Crippen molar-refractivity contribution in [2.24, 2.45) is 17.6 Å². The van der Waals surface area contributed by atoms with Gasteiger partial charge in [-0.25, -0.2) is 4.39 Å². The van der Waals surface area contributed by atoms with Crippen molar-refractivity contribution < 1.29 is 19.0 Å². The standard InChI is InChI=1S/C27H30FN3O3S/c1-34-20-7-9-25-22(15-20)27(23(28)16-30-25)24(29)8-6-18-10-12-31(17-19(18)14-26(32)33)11-2-4-21-5-3-13-35-21/h3,5,7,9,13,15-16,18-19,24H,6,8,10-12,14,17,29H2,1H3,(H,32,33)/t18-,19-,24+/m1/s1. The van der Waals surface area contributed by atoms with Crippen molar-refractivity contribution in [2.75, 3.05) is 26.7 Å². The fourth-order valence-electron chi connectivity index (χ4n) is 4.93. The lowest BCUT2D eigenvalue weighted by atomic mass is 9.79. The van der Waals surface area contributed by atoms with Crippen LogP contribution >= 0.6 is 11.3 Å². The zero-order valence-electron chi connectivity index (χ0n) is 19.7. The molecule has 3 atom stereocenters. The van der Waals surface area contributed by atoms with E-state index in [0.29, 0.717) is 41.7 Å². The molecular weight excluding hydrogens is 465 g/mol. The molecule has 4 rings (SSSR count). The number of nitrogens with two attached hydrogens (primary N) is 1. The molecule has 6 nitrogen and oxygen atoms in total. The van der Waals surface area contributed by atoms with E-state index in [9.17, 15) is 14.3 Å². The number of benzene rings is 1. The van der Waals surface area contributed by atoms with Gasteiger partial charge in [0.05, 0.1) is 30.2 Å². The summed E-state index contributed by atoms with van der Waals surface area (Å²) in [6.07, 6.45) is 3.50. The SMILES string of the molecule is COc1ccc2ncc(F)c([C@@H](N)CC[C@@H]3CCN(CC#Cc4cccs4)C[C@H]3CC(=O)O)c2c1. The molecule has 35 heavy (non-hydrogen) atoms. The fourth-order valence-corrected chi connectivity index (χ4v) is 5.53. The Hall–Kier alpha value is -2.99. The zero-order valence-corrected chi connectivity index (χ0v) is 20.6. The highest BCUT2D eigenvalue weighted by atomic mass is 32.1. The predicted molar refractivity (Wildman–Crippen MR) is 136 cm³/mol. The number of aromatic nitrogens is 1. The fraction of sp³-hybridized carbons (Fsp3) is 0.407. The van der Waals surface area contributed by atoms with E-state index in [-0.39, 0.29) is 18.3 Å². The normalized spacial score (nSPS) is 19.2. The minimum absolute atomic E-state index is 0.0103. The van der Waals surface area contributed by atoms with Crippen molar-refractivity contribution in [1.82, 2.24) is 9.88 Å². The Morgan fingerprint density at radius 1 is 1.40 bits per heavy atom. The number of carboxylic acids is 1. The molecule has 1 aliphatic heterocycles.